The lowest BCUT2D eigenvalue weighted by molar-refractivity contribution is -0.122. The van der Waals surface area contributed by atoms with Crippen molar-refractivity contribution in [3.05, 3.63) is 71.8 Å². The van der Waals surface area contributed by atoms with E-state index in [1.807, 2.05) is 60.7 Å². The molecule has 1 amide bonds. The van der Waals surface area contributed by atoms with Crippen molar-refractivity contribution in [3.8, 4) is 0 Å². The van der Waals surface area contributed by atoms with E-state index in [4.69, 9.17) is 5.73 Å². The van der Waals surface area contributed by atoms with Crippen LogP contribution in [0.4, 0.5) is 0 Å². The fraction of sp³-hybridized carbons (Fsp3) is 0.350. The Morgan fingerprint density at radius 2 is 1.43 bits per heavy atom. The van der Waals surface area contributed by atoms with E-state index in [-0.39, 0.29) is 5.91 Å². The number of hydrogen-bond donors (Lipinski definition) is 2. The Hall–Kier alpha value is -2.13. The van der Waals surface area contributed by atoms with Crippen LogP contribution in [0.3, 0.4) is 0 Å². The van der Waals surface area contributed by atoms with Gasteiger partial charge in [0, 0.05) is 0 Å². The van der Waals surface area contributed by atoms with Gasteiger partial charge in [-0.25, -0.2) is 0 Å². The van der Waals surface area contributed by atoms with E-state index < -0.39 is 5.41 Å². The molecule has 0 spiro atoms. The number of carbonyl (C=O) groups is 1. The number of carbonyl (C=O) groups excluding carboxylic acids is 1. The minimum absolute atomic E-state index is 0.256. The Labute approximate surface area is 137 Å². The molecule has 0 radical (unpaired) electrons. The van der Waals surface area contributed by atoms with Crippen LogP contribution in [0, 0.1) is 5.92 Å². The quantitative estimate of drug-likeness (QED) is 0.892. The highest BCUT2D eigenvalue weighted by Gasteiger charge is 2.42. The smallest absolute Gasteiger partial charge is 0.232 e. The first-order valence-electron chi connectivity index (χ1n) is 8.35. The highest BCUT2D eigenvalue weighted by atomic mass is 16.1. The predicted octanol–water partition coefficient (Wildman–Crippen LogP) is 2.85. The number of rotatable bonds is 5. The van der Waals surface area contributed by atoms with Crippen LogP contribution in [0.1, 0.15) is 30.4 Å². The molecular weight excluding hydrogens is 284 g/mol. The summed E-state index contributed by atoms with van der Waals surface area (Å²) in [5, 5.41) is 3.39. The maximum absolute atomic E-state index is 12.7. The molecule has 0 bridgehead atoms. The zero-order valence-corrected chi connectivity index (χ0v) is 13.4. The second-order valence-electron chi connectivity index (χ2n) is 6.40. The van der Waals surface area contributed by atoms with Crippen LogP contribution in [0.25, 0.3) is 0 Å². The van der Waals surface area contributed by atoms with E-state index in [0.29, 0.717) is 5.92 Å². The molecule has 0 saturated carbocycles. The molecule has 23 heavy (non-hydrogen) atoms. The van der Waals surface area contributed by atoms with Gasteiger partial charge >= 0.3 is 0 Å². The Kier molecular flexibility index (Phi) is 4.77. The number of nitrogens with two attached hydrogens (primary N) is 1. The van der Waals surface area contributed by atoms with Crippen molar-refractivity contribution in [1.29, 1.82) is 0 Å². The molecular formula is C20H24N2O. The van der Waals surface area contributed by atoms with Gasteiger partial charge in [0.15, 0.2) is 0 Å². The minimum Gasteiger partial charge on any atom is -0.369 e. The zero-order valence-electron chi connectivity index (χ0n) is 13.4. The average Bonchev–Trinajstić information content (AvgIpc) is 2.62. The van der Waals surface area contributed by atoms with Crippen molar-refractivity contribution in [1.82, 2.24) is 5.32 Å². The molecule has 0 atom stereocenters. The number of piperidine rings is 1. The fourth-order valence-corrected chi connectivity index (χ4v) is 3.75. The summed E-state index contributed by atoms with van der Waals surface area (Å²) in [4.78, 5) is 12.7. The number of amides is 1. The lowest BCUT2D eigenvalue weighted by atomic mass is 9.67. The highest BCUT2D eigenvalue weighted by molar-refractivity contribution is 5.90. The Balaban J connectivity index is 2.08. The second-order valence-corrected chi connectivity index (χ2v) is 6.40. The standard InChI is InChI=1S/C20H24N2O/c21-19(23)20(17-7-3-1-4-8-17,18-9-5-2-6-10-18)15-16-11-13-22-14-12-16/h1-10,16,22H,11-15H2,(H2,21,23). The predicted molar refractivity (Wildman–Crippen MR) is 93.1 cm³/mol. The molecule has 1 heterocycles. The molecule has 1 fully saturated rings. The fourth-order valence-electron chi connectivity index (χ4n) is 3.75. The van der Waals surface area contributed by atoms with Gasteiger partial charge in [-0.15, -0.1) is 0 Å². The third-order valence-electron chi connectivity index (χ3n) is 5.01. The summed E-state index contributed by atoms with van der Waals surface area (Å²) >= 11 is 0. The molecule has 120 valence electrons. The van der Waals surface area contributed by atoms with Crippen LogP contribution in [-0.4, -0.2) is 19.0 Å². The summed E-state index contributed by atoms with van der Waals surface area (Å²) < 4.78 is 0. The third-order valence-corrected chi connectivity index (χ3v) is 5.01. The monoisotopic (exact) mass is 308 g/mol. The number of nitrogens with one attached hydrogen (secondary N) is 1. The molecule has 1 aliphatic rings. The molecule has 3 heteroatoms. The highest BCUT2D eigenvalue weighted by Crippen LogP contribution is 2.40. The second kappa shape index (κ2) is 6.97. The van der Waals surface area contributed by atoms with Gasteiger partial charge in [-0.2, -0.15) is 0 Å². The molecule has 3 N–H and O–H groups in total. The average molecular weight is 308 g/mol. The lowest BCUT2D eigenvalue weighted by Gasteiger charge is -2.36. The van der Waals surface area contributed by atoms with Crippen LogP contribution < -0.4 is 11.1 Å². The molecule has 1 aliphatic heterocycles. The lowest BCUT2D eigenvalue weighted by Crippen LogP contribution is -2.45. The molecule has 2 aromatic carbocycles. The number of primary amides is 1. The molecule has 0 aliphatic carbocycles. The SMILES string of the molecule is NC(=O)C(CC1CCNCC1)(c1ccccc1)c1ccccc1. The van der Waals surface area contributed by atoms with Gasteiger partial charge < -0.3 is 11.1 Å². The van der Waals surface area contributed by atoms with Gasteiger partial charge in [0.05, 0.1) is 5.41 Å². The van der Waals surface area contributed by atoms with Crippen molar-refractivity contribution in [3.63, 3.8) is 0 Å². The topological polar surface area (TPSA) is 55.1 Å². The van der Waals surface area contributed by atoms with Crippen molar-refractivity contribution in [2.24, 2.45) is 11.7 Å². The Morgan fingerprint density at radius 1 is 0.957 bits per heavy atom. The van der Waals surface area contributed by atoms with Gasteiger partial charge in [-0.3, -0.25) is 4.79 Å². The minimum atomic E-state index is -0.746. The van der Waals surface area contributed by atoms with E-state index in [0.717, 1.165) is 43.5 Å². The summed E-state index contributed by atoms with van der Waals surface area (Å²) in [6.45, 7) is 2.03. The van der Waals surface area contributed by atoms with Crippen molar-refractivity contribution >= 4 is 5.91 Å². The van der Waals surface area contributed by atoms with Crippen LogP contribution in [0.2, 0.25) is 0 Å². The van der Waals surface area contributed by atoms with E-state index in [9.17, 15) is 4.79 Å². The van der Waals surface area contributed by atoms with E-state index in [1.54, 1.807) is 0 Å². The summed E-state index contributed by atoms with van der Waals surface area (Å²) in [5.41, 5.74) is 7.25. The first-order chi connectivity index (χ1) is 11.2. The number of hydrogen-bond acceptors (Lipinski definition) is 2. The normalized spacial score (nSPS) is 16.2. The van der Waals surface area contributed by atoms with Gasteiger partial charge in [-0.1, -0.05) is 60.7 Å². The van der Waals surface area contributed by atoms with Gasteiger partial charge in [-0.05, 0) is 49.4 Å². The zero-order chi connectivity index (χ0) is 16.1. The molecule has 2 aromatic rings. The van der Waals surface area contributed by atoms with Crippen LogP contribution >= 0.6 is 0 Å². The molecule has 3 nitrogen and oxygen atoms in total. The molecule has 0 unspecified atom stereocenters. The Morgan fingerprint density at radius 3 is 1.87 bits per heavy atom. The number of benzene rings is 2. The van der Waals surface area contributed by atoms with Crippen molar-refractivity contribution in [2.45, 2.75) is 24.7 Å². The Bertz CT molecular complexity index is 594. The van der Waals surface area contributed by atoms with E-state index >= 15 is 0 Å². The van der Waals surface area contributed by atoms with E-state index in [2.05, 4.69) is 5.32 Å². The summed E-state index contributed by atoms with van der Waals surface area (Å²) in [6.07, 6.45) is 2.96. The van der Waals surface area contributed by atoms with Crippen LogP contribution in [-0.2, 0) is 10.2 Å². The largest absolute Gasteiger partial charge is 0.369 e. The van der Waals surface area contributed by atoms with Gasteiger partial charge in [0.2, 0.25) is 5.91 Å². The summed E-state index contributed by atoms with van der Waals surface area (Å²) in [7, 11) is 0. The van der Waals surface area contributed by atoms with E-state index in [1.165, 1.54) is 0 Å². The van der Waals surface area contributed by atoms with Gasteiger partial charge in [0.1, 0.15) is 0 Å². The van der Waals surface area contributed by atoms with Crippen molar-refractivity contribution < 1.29 is 4.79 Å². The van der Waals surface area contributed by atoms with Gasteiger partial charge in [0.25, 0.3) is 0 Å². The molecule has 1 saturated heterocycles. The first-order valence-corrected chi connectivity index (χ1v) is 8.35. The maximum Gasteiger partial charge on any atom is 0.232 e. The summed E-state index contributed by atoms with van der Waals surface area (Å²) in [6, 6.07) is 20.0. The molecule has 3 rings (SSSR count). The molecule has 0 aromatic heterocycles. The third kappa shape index (κ3) is 3.15. The maximum atomic E-state index is 12.7. The van der Waals surface area contributed by atoms with Crippen LogP contribution in [0.15, 0.2) is 60.7 Å². The summed E-state index contributed by atoms with van der Waals surface area (Å²) in [5.74, 6) is 0.248. The van der Waals surface area contributed by atoms with Crippen LogP contribution in [0.5, 0.6) is 0 Å². The van der Waals surface area contributed by atoms with Crippen molar-refractivity contribution in [2.75, 3.05) is 13.1 Å². The first kappa shape index (κ1) is 15.8.